The van der Waals surface area contributed by atoms with Gasteiger partial charge in [0.25, 0.3) is 0 Å². The van der Waals surface area contributed by atoms with Crippen molar-refractivity contribution in [2.24, 2.45) is 0 Å². The Morgan fingerprint density at radius 3 is 3.00 bits per heavy atom. The van der Waals surface area contributed by atoms with Gasteiger partial charge in [0.2, 0.25) is 0 Å². The monoisotopic (exact) mass is 226 g/mol. The van der Waals surface area contributed by atoms with E-state index in [1.807, 2.05) is 24.3 Å². The molecule has 0 unspecified atom stereocenters. The number of benzene rings is 1. The smallest absolute Gasteiger partial charge is 0.438 e. The molecule has 80 valence electrons. The third kappa shape index (κ3) is 4.51. The van der Waals surface area contributed by atoms with Crippen LogP contribution in [0.15, 0.2) is 30.3 Å². The standard InChI is InChI=1S/C11H11ClO3/c1-14-11(13)15-7-3-5-9-4-2-6-10(12)8-9/h2-6,8H,7H2,1H3. The third-order valence-corrected chi connectivity index (χ3v) is 1.86. The summed E-state index contributed by atoms with van der Waals surface area (Å²) in [5.41, 5.74) is 0.955. The molecule has 0 bridgehead atoms. The van der Waals surface area contributed by atoms with Crippen molar-refractivity contribution in [1.29, 1.82) is 0 Å². The van der Waals surface area contributed by atoms with Gasteiger partial charge in [0.15, 0.2) is 0 Å². The molecule has 1 rings (SSSR count). The first-order chi connectivity index (χ1) is 7.22. The van der Waals surface area contributed by atoms with E-state index in [2.05, 4.69) is 9.47 Å². The van der Waals surface area contributed by atoms with Crippen LogP contribution in [-0.2, 0) is 9.47 Å². The van der Waals surface area contributed by atoms with E-state index in [4.69, 9.17) is 11.6 Å². The van der Waals surface area contributed by atoms with E-state index in [9.17, 15) is 4.79 Å². The lowest BCUT2D eigenvalue weighted by Crippen LogP contribution is -2.03. The topological polar surface area (TPSA) is 35.5 Å². The second-order valence-electron chi connectivity index (χ2n) is 2.72. The zero-order valence-electron chi connectivity index (χ0n) is 8.27. The molecule has 0 fully saturated rings. The average molecular weight is 227 g/mol. The van der Waals surface area contributed by atoms with Gasteiger partial charge in [-0.1, -0.05) is 29.8 Å². The molecule has 0 spiro atoms. The van der Waals surface area contributed by atoms with Crippen molar-refractivity contribution in [3.05, 3.63) is 40.9 Å². The predicted octanol–water partition coefficient (Wildman–Crippen LogP) is 3.14. The van der Waals surface area contributed by atoms with Crippen molar-refractivity contribution < 1.29 is 14.3 Å². The Labute approximate surface area is 93.3 Å². The molecule has 0 amide bonds. The van der Waals surface area contributed by atoms with Crippen molar-refractivity contribution in [3.8, 4) is 0 Å². The van der Waals surface area contributed by atoms with E-state index >= 15 is 0 Å². The molecular weight excluding hydrogens is 216 g/mol. The molecule has 4 heteroatoms. The molecule has 15 heavy (non-hydrogen) atoms. The van der Waals surface area contributed by atoms with Crippen molar-refractivity contribution >= 4 is 23.8 Å². The summed E-state index contributed by atoms with van der Waals surface area (Å²) >= 11 is 5.79. The molecule has 0 aromatic heterocycles. The molecule has 0 aliphatic carbocycles. The summed E-state index contributed by atoms with van der Waals surface area (Å²) in [5, 5.41) is 0.672. The fraction of sp³-hybridized carbons (Fsp3) is 0.182. The molecule has 0 aliphatic heterocycles. The Morgan fingerprint density at radius 1 is 1.53 bits per heavy atom. The Kier molecular flexibility index (Phi) is 4.71. The van der Waals surface area contributed by atoms with Crippen LogP contribution < -0.4 is 0 Å². The molecule has 0 heterocycles. The Morgan fingerprint density at radius 2 is 2.33 bits per heavy atom. The number of hydrogen-bond donors (Lipinski definition) is 0. The molecule has 0 radical (unpaired) electrons. The van der Waals surface area contributed by atoms with Gasteiger partial charge in [-0.05, 0) is 23.8 Å². The number of rotatable bonds is 3. The zero-order valence-corrected chi connectivity index (χ0v) is 9.03. The van der Waals surface area contributed by atoms with Crippen LogP contribution >= 0.6 is 11.6 Å². The highest BCUT2D eigenvalue weighted by molar-refractivity contribution is 6.30. The molecule has 3 nitrogen and oxygen atoms in total. The molecule has 0 saturated heterocycles. The maximum absolute atomic E-state index is 10.6. The fourth-order valence-corrected chi connectivity index (χ4v) is 1.17. The predicted molar refractivity (Wildman–Crippen MR) is 58.8 cm³/mol. The van der Waals surface area contributed by atoms with Crippen LogP contribution in [0.3, 0.4) is 0 Å². The lowest BCUT2D eigenvalue weighted by atomic mass is 10.2. The molecule has 1 aromatic carbocycles. The SMILES string of the molecule is COC(=O)OCC=Cc1cccc(Cl)c1. The van der Waals surface area contributed by atoms with Gasteiger partial charge in [0.1, 0.15) is 6.61 Å². The average Bonchev–Trinajstić information content (AvgIpc) is 2.24. The zero-order chi connectivity index (χ0) is 11.1. The Bertz CT molecular complexity index is 361. The number of carbonyl (C=O) groups excluding carboxylic acids is 1. The molecular formula is C11H11ClO3. The summed E-state index contributed by atoms with van der Waals surface area (Å²) in [6.45, 7) is 0.180. The van der Waals surface area contributed by atoms with Crippen LogP contribution in [0.25, 0.3) is 6.08 Å². The summed E-state index contributed by atoms with van der Waals surface area (Å²) in [6.07, 6.45) is 2.84. The van der Waals surface area contributed by atoms with Gasteiger partial charge < -0.3 is 9.47 Å². The molecule has 0 atom stereocenters. The number of carbonyl (C=O) groups is 1. The minimum Gasteiger partial charge on any atom is -0.438 e. The maximum Gasteiger partial charge on any atom is 0.508 e. The van der Waals surface area contributed by atoms with Crippen LogP contribution in [-0.4, -0.2) is 19.9 Å². The van der Waals surface area contributed by atoms with Gasteiger partial charge in [-0.3, -0.25) is 0 Å². The normalized spacial score (nSPS) is 10.3. The maximum atomic E-state index is 10.6. The van der Waals surface area contributed by atoms with Gasteiger partial charge in [-0.15, -0.1) is 0 Å². The molecule has 0 N–H and O–H groups in total. The van der Waals surface area contributed by atoms with Gasteiger partial charge in [0.05, 0.1) is 7.11 Å². The summed E-state index contributed by atoms with van der Waals surface area (Å²) in [5.74, 6) is 0. The van der Waals surface area contributed by atoms with Crippen molar-refractivity contribution in [2.45, 2.75) is 0 Å². The van der Waals surface area contributed by atoms with Gasteiger partial charge in [-0.25, -0.2) is 4.79 Å². The van der Waals surface area contributed by atoms with Gasteiger partial charge >= 0.3 is 6.16 Å². The highest BCUT2D eigenvalue weighted by Crippen LogP contribution is 2.11. The minimum atomic E-state index is -0.689. The van der Waals surface area contributed by atoms with Crippen LogP contribution in [0.5, 0.6) is 0 Å². The Balaban J connectivity index is 2.41. The van der Waals surface area contributed by atoms with Crippen LogP contribution in [0, 0.1) is 0 Å². The quantitative estimate of drug-likeness (QED) is 0.743. The first-order valence-corrected chi connectivity index (χ1v) is 4.73. The van der Waals surface area contributed by atoms with E-state index < -0.39 is 6.16 Å². The van der Waals surface area contributed by atoms with Crippen molar-refractivity contribution in [3.63, 3.8) is 0 Å². The largest absolute Gasteiger partial charge is 0.508 e. The van der Waals surface area contributed by atoms with Crippen LogP contribution in [0.1, 0.15) is 5.56 Å². The van der Waals surface area contributed by atoms with Crippen LogP contribution in [0.2, 0.25) is 5.02 Å². The van der Waals surface area contributed by atoms with Crippen LogP contribution in [0.4, 0.5) is 4.79 Å². The number of halogens is 1. The van der Waals surface area contributed by atoms with Crippen molar-refractivity contribution in [1.82, 2.24) is 0 Å². The molecule has 0 saturated carbocycles. The molecule has 0 aliphatic rings. The summed E-state index contributed by atoms with van der Waals surface area (Å²) in [7, 11) is 1.27. The first-order valence-electron chi connectivity index (χ1n) is 4.35. The molecule has 1 aromatic rings. The van der Waals surface area contributed by atoms with Crippen molar-refractivity contribution in [2.75, 3.05) is 13.7 Å². The van der Waals surface area contributed by atoms with E-state index in [0.717, 1.165) is 5.56 Å². The van der Waals surface area contributed by atoms with Gasteiger partial charge in [0, 0.05) is 5.02 Å². The Hall–Kier alpha value is -1.48. The highest BCUT2D eigenvalue weighted by Gasteiger charge is 1.95. The second-order valence-corrected chi connectivity index (χ2v) is 3.16. The number of hydrogen-bond acceptors (Lipinski definition) is 3. The van der Waals surface area contributed by atoms with E-state index in [0.29, 0.717) is 5.02 Å². The lowest BCUT2D eigenvalue weighted by molar-refractivity contribution is 0.0819. The number of methoxy groups -OCH3 is 1. The van der Waals surface area contributed by atoms with E-state index in [1.54, 1.807) is 12.1 Å². The summed E-state index contributed by atoms with van der Waals surface area (Å²) < 4.78 is 8.97. The second kappa shape index (κ2) is 6.09. The highest BCUT2D eigenvalue weighted by atomic mass is 35.5. The van der Waals surface area contributed by atoms with Gasteiger partial charge in [-0.2, -0.15) is 0 Å². The van der Waals surface area contributed by atoms with E-state index in [-0.39, 0.29) is 6.61 Å². The number of ether oxygens (including phenoxy) is 2. The lowest BCUT2D eigenvalue weighted by Gasteiger charge is -1.98. The first kappa shape index (κ1) is 11.6. The fourth-order valence-electron chi connectivity index (χ4n) is 0.970. The third-order valence-electron chi connectivity index (χ3n) is 1.62. The minimum absolute atomic E-state index is 0.180. The van der Waals surface area contributed by atoms with E-state index in [1.165, 1.54) is 7.11 Å². The summed E-state index contributed by atoms with van der Waals surface area (Å²) in [4.78, 5) is 10.6. The summed E-state index contributed by atoms with van der Waals surface area (Å²) in [6, 6.07) is 7.36.